The van der Waals surface area contributed by atoms with Crippen molar-refractivity contribution in [2.75, 3.05) is 34.4 Å². The fourth-order valence-corrected chi connectivity index (χ4v) is 4.37. The predicted octanol–water partition coefficient (Wildman–Crippen LogP) is 5.71. The van der Waals surface area contributed by atoms with Gasteiger partial charge in [-0.2, -0.15) is 0 Å². The third kappa shape index (κ3) is 5.48. The summed E-state index contributed by atoms with van der Waals surface area (Å²) in [5, 5.41) is 1.19. The van der Waals surface area contributed by atoms with Gasteiger partial charge in [0.2, 0.25) is 0 Å². The Morgan fingerprint density at radius 2 is 1.77 bits per heavy atom. The van der Waals surface area contributed by atoms with E-state index >= 15 is 0 Å². The first-order valence-electron chi connectivity index (χ1n) is 10.3. The van der Waals surface area contributed by atoms with Crippen LogP contribution in [0.4, 0.5) is 0 Å². The number of rotatable bonds is 9. The summed E-state index contributed by atoms with van der Waals surface area (Å²) in [6, 6.07) is 9.57. The van der Waals surface area contributed by atoms with Gasteiger partial charge in [-0.3, -0.25) is 4.79 Å². The number of likely N-dealkylation sites (N-methyl/N-ethyl adjacent to an activating group) is 1. The molecule has 0 saturated carbocycles. The molecule has 0 saturated heterocycles. The van der Waals surface area contributed by atoms with E-state index in [0.717, 1.165) is 56.3 Å². The number of halogens is 2. The van der Waals surface area contributed by atoms with E-state index in [2.05, 4.69) is 11.9 Å². The Morgan fingerprint density at radius 1 is 1.03 bits per heavy atom. The largest absolute Gasteiger partial charge is 0.493 e. The average Bonchev–Trinajstić information content (AvgIpc) is 2.75. The molecule has 6 heteroatoms. The first kappa shape index (κ1) is 22.9. The van der Waals surface area contributed by atoms with Gasteiger partial charge in [0.05, 0.1) is 24.3 Å². The SMILES string of the molecule is COc1cc2c(cc1OC)C(=O)C(CCCN(C)CCc1ccc(Cl)c(Cl)c1)CC2. The normalized spacial score (nSPS) is 15.9. The van der Waals surface area contributed by atoms with Gasteiger partial charge in [-0.05, 0) is 81.1 Å². The predicted molar refractivity (Wildman–Crippen MR) is 123 cm³/mol. The number of methoxy groups -OCH3 is 2. The number of benzene rings is 2. The van der Waals surface area contributed by atoms with Gasteiger partial charge in [-0.25, -0.2) is 0 Å². The Kier molecular flexibility index (Phi) is 8.04. The molecule has 162 valence electrons. The Balaban J connectivity index is 1.49. The lowest BCUT2D eigenvalue weighted by atomic mass is 9.80. The van der Waals surface area contributed by atoms with Crippen LogP contribution in [0.2, 0.25) is 10.0 Å². The van der Waals surface area contributed by atoms with Gasteiger partial charge in [0.25, 0.3) is 0 Å². The highest BCUT2D eigenvalue weighted by atomic mass is 35.5. The maximum absolute atomic E-state index is 13.0. The number of fused-ring (bicyclic) bond motifs is 1. The summed E-state index contributed by atoms with van der Waals surface area (Å²) in [6.07, 6.45) is 4.62. The number of aryl methyl sites for hydroxylation is 1. The molecule has 4 nitrogen and oxygen atoms in total. The topological polar surface area (TPSA) is 38.8 Å². The standard InChI is InChI=1S/C24H29Cl2NO3/c1-27(12-10-16-6-9-20(25)21(26)13-16)11-4-5-17-7-8-18-14-22(29-2)23(30-3)15-19(18)24(17)28/h6,9,13-15,17H,4-5,7-8,10-12H2,1-3H3. The van der Waals surface area contributed by atoms with E-state index < -0.39 is 0 Å². The summed E-state index contributed by atoms with van der Waals surface area (Å²) < 4.78 is 10.7. The molecule has 2 aromatic rings. The van der Waals surface area contributed by atoms with Gasteiger partial charge < -0.3 is 14.4 Å². The minimum Gasteiger partial charge on any atom is -0.493 e. The molecule has 1 atom stereocenters. The van der Waals surface area contributed by atoms with E-state index in [4.69, 9.17) is 32.7 Å². The van der Waals surface area contributed by atoms with Crippen molar-refractivity contribution < 1.29 is 14.3 Å². The Morgan fingerprint density at radius 3 is 2.47 bits per heavy atom. The van der Waals surface area contributed by atoms with Crippen molar-refractivity contribution in [1.29, 1.82) is 0 Å². The zero-order chi connectivity index (χ0) is 21.7. The molecule has 30 heavy (non-hydrogen) atoms. The lowest BCUT2D eigenvalue weighted by Gasteiger charge is -2.25. The Bertz CT molecular complexity index is 900. The number of Topliss-reactive ketones (excluding diaryl/α,β-unsaturated/α-hetero) is 1. The second-order valence-electron chi connectivity index (χ2n) is 7.91. The van der Waals surface area contributed by atoms with Crippen LogP contribution in [0.15, 0.2) is 30.3 Å². The van der Waals surface area contributed by atoms with Crippen LogP contribution in [0.25, 0.3) is 0 Å². The maximum Gasteiger partial charge on any atom is 0.166 e. The number of nitrogens with zero attached hydrogens (tertiary/aromatic N) is 1. The van der Waals surface area contributed by atoms with Crippen LogP contribution in [-0.4, -0.2) is 45.0 Å². The Hall–Kier alpha value is -1.75. The molecule has 0 radical (unpaired) electrons. The lowest BCUT2D eigenvalue weighted by Crippen LogP contribution is -2.26. The highest BCUT2D eigenvalue weighted by Gasteiger charge is 2.28. The van der Waals surface area contributed by atoms with Gasteiger partial charge in [-0.15, -0.1) is 0 Å². The van der Waals surface area contributed by atoms with Crippen LogP contribution in [-0.2, 0) is 12.8 Å². The molecule has 0 N–H and O–H groups in total. The zero-order valence-corrected chi connectivity index (χ0v) is 19.4. The lowest BCUT2D eigenvalue weighted by molar-refractivity contribution is 0.0890. The van der Waals surface area contributed by atoms with Crippen LogP contribution in [0.5, 0.6) is 11.5 Å². The van der Waals surface area contributed by atoms with Crippen LogP contribution in [0.3, 0.4) is 0 Å². The number of hydrogen-bond donors (Lipinski definition) is 0. The highest BCUT2D eigenvalue weighted by molar-refractivity contribution is 6.42. The van der Waals surface area contributed by atoms with E-state index in [1.165, 1.54) is 5.56 Å². The van der Waals surface area contributed by atoms with Gasteiger partial charge >= 0.3 is 0 Å². The third-order valence-corrected chi connectivity index (χ3v) is 6.61. The number of ketones is 1. The summed E-state index contributed by atoms with van der Waals surface area (Å²) >= 11 is 12.1. The quantitative estimate of drug-likeness (QED) is 0.491. The van der Waals surface area contributed by atoms with Crippen molar-refractivity contribution in [2.24, 2.45) is 5.92 Å². The molecule has 0 spiro atoms. The molecule has 0 aliphatic heterocycles. The second-order valence-corrected chi connectivity index (χ2v) is 8.72. The molecule has 0 fully saturated rings. The van der Waals surface area contributed by atoms with E-state index in [0.29, 0.717) is 21.5 Å². The molecule has 1 aliphatic carbocycles. The van der Waals surface area contributed by atoms with Gasteiger partial charge in [0, 0.05) is 18.0 Å². The molecule has 0 bridgehead atoms. The maximum atomic E-state index is 13.0. The highest BCUT2D eigenvalue weighted by Crippen LogP contribution is 2.36. The third-order valence-electron chi connectivity index (χ3n) is 5.87. The number of ether oxygens (including phenoxy) is 2. The summed E-state index contributed by atoms with van der Waals surface area (Å²) in [7, 11) is 5.34. The van der Waals surface area contributed by atoms with E-state index in [9.17, 15) is 4.79 Å². The molecule has 2 aromatic carbocycles. The monoisotopic (exact) mass is 449 g/mol. The van der Waals surface area contributed by atoms with E-state index in [1.807, 2.05) is 30.3 Å². The van der Waals surface area contributed by atoms with Crippen LogP contribution < -0.4 is 9.47 Å². The molecule has 3 rings (SSSR count). The molecule has 0 amide bonds. The van der Waals surface area contributed by atoms with E-state index in [1.54, 1.807) is 14.2 Å². The van der Waals surface area contributed by atoms with Crippen molar-refractivity contribution >= 4 is 29.0 Å². The van der Waals surface area contributed by atoms with Gasteiger partial charge in [0.1, 0.15) is 0 Å². The second kappa shape index (κ2) is 10.5. The summed E-state index contributed by atoms with van der Waals surface area (Å²) in [6.45, 7) is 1.90. The first-order chi connectivity index (χ1) is 14.4. The molecule has 0 aromatic heterocycles. The van der Waals surface area contributed by atoms with Crippen LogP contribution >= 0.6 is 23.2 Å². The number of carbonyl (C=O) groups excluding carboxylic acids is 1. The molecular weight excluding hydrogens is 421 g/mol. The average molecular weight is 450 g/mol. The van der Waals surface area contributed by atoms with Gasteiger partial charge in [-0.1, -0.05) is 29.3 Å². The Labute approximate surface area is 189 Å². The fraction of sp³-hybridized carbons (Fsp3) is 0.458. The minimum absolute atomic E-state index is 0.0825. The van der Waals surface area contributed by atoms with Crippen molar-refractivity contribution in [3.63, 3.8) is 0 Å². The first-order valence-corrected chi connectivity index (χ1v) is 11.1. The van der Waals surface area contributed by atoms with Crippen molar-refractivity contribution in [2.45, 2.75) is 32.1 Å². The zero-order valence-electron chi connectivity index (χ0n) is 17.8. The molecule has 1 unspecified atom stereocenters. The molecule has 1 aliphatic rings. The van der Waals surface area contributed by atoms with E-state index in [-0.39, 0.29) is 11.7 Å². The van der Waals surface area contributed by atoms with Crippen molar-refractivity contribution in [3.05, 3.63) is 57.1 Å². The summed E-state index contributed by atoms with van der Waals surface area (Å²) in [5.74, 6) is 1.62. The fourth-order valence-electron chi connectivity index (χ4n) is 4.05. The molecule has 0 heterocycles. The summed E-state index contributed by atoms with van der Waals surface area (Å²) in [4.78, 5) is 15.3. The van der Waals surface area contributed by atoms with Gasteiger partial charge in [0.15, 0.2) is 17.3 Å². The van der Waals surface area contributed by atoms with Crippen molar-refractivity contribution in [1.82, 2.24) is 4.90 Å². The van der Waals surface area contributed by atoms with Crippen molar-refractivity contribution in [3.8, 4) is 11.5 Å². The summed E-state index contributed by atoms with van der Waals surface area (Å²) in [5.41, 5.74) is 3.03. The number of carbonyl (C=O) groups is 1. The minimum atomic E-state index is 0.0825. The van der Waals surface area contributed by atoms with Crippen LogP contribution in [0, 0.1) is 5.92 Å². The number of hydrogen-bond acceptors (Lipinski definition) is 4. The van der Waals surface area contributed by atoms with Crippen LogP contribution in [0.1, 0.15) is 40.7 Å². The smallest absolute Gasteiger partial charge is 0.166 e. The molecular formula is C24H29Cl2NO3.